The normalized spacial score (nSPS) is 11.8. The number of ether oxygens (including phenoxy) is 1. The third kappa shape index (κ3) is 5.00. The number of hydrogen-bond acceptors (Lipinski definition) is 8. The third-order valence-electron chi connectivity index (χ3n) is 4.85. The van der Waals surface area contributed by atoms with Crippen molar-refractivity contribution in [1.82, 2.24) is 25.7 Å². The molecule has 164 valence electrons. The highest BCUT2D eigenvalue weighted by Gasteiger charge is 2.18. The van der Waals surface area contributed by atoms with Crippen LogP contribution in [0.5, 0.6) is 5.75 Å². The molecule has 1 atom stereocenters. The average molecular weight is 433 g/mol. The highest BCUT2D eigenvalue weighted by Crippen LogP contribution is 2.23. The molecule has 0 bridgehead atoms. The standard InChI is InChI=1S/C23H23N5O4/c1-14-7-9-16(10-8-14)23-27-26-20(31-23)12-11-19(29)24-15(2)22-25-21(28-32-22)17-5-4-6-18(13-17)30-3/h4-10,13,15H,11-12H2,1-3H3,(H,24,29)/t15-/m0/s1. The number of rotatable bonds is 8. The Balaban J connectivity index is 1.32. The van der Waals surface area contributed by atoms with Crippen LogP contribution < -0.4 is 10.1 Å². The Labute approximate surface area is 184 Å². The van der Waals surface area contributed by atoms with E-state index in [4.69, 9.17) is 13.7 Å². The lowest BCUT2D eigenvalue weighted by molar-refractivity contribution is -0.121. The predicted octanol–water partition coefficient (Wildman–Crippen LogP) is 3.91. The van der Waals surface area contributed by atoms with Crippen LogP contribution in [0, 0.1) is 6.92 Å². The second kappa shape index (κ2) is 9.42. The summed E-state index contributed by atoms with van der Waals surface area (Å²) in [4.78, 5) is 16.7. The van der Waals surface area contributed by atoms with Gasteiger partial charge in [0, 0.05) is 24.0 Å². The first-order chi connectivity index (χ1) is 15.5. The van der Waals surface area contributed by atoms with E-state index < -0.39 is 6.04 Å². The largest absolute Gasteiger partial charge is 0.497 e. The van der Waals surface area contributed by atoms with Crippen LogP contribution in [0.2, 0.25) is 0 Å². The molecule has 2 aromatic carbocycles. The maximum atomic E-state index is 12.4. The van der Waals surface area contributed by atoms with Gasteiger partial charge in [0.15, 0.2) is 0 Å². The summed E-state index contributed by atoms with van der Waals surface area (Å²) in [5.74, 6) is 2.09. The summed E-state index contributed by atoms with van der Waals surface area (Å²) < 4.78 is 16.2. The summed E-state index contributed by atoms with van der Waals surface area (Å²) in [5, 5.41) is 14.9. The van der Waals surface area contributed by atoms with Gasteiger partial charge in [-0.05, 0) is 38.1 Å². The van der Waals surface area contributed by atoms with Crippen LogP contribution in [-0.4, -0.2) is 33.4 Å². The van der Waals surface area contributed by atoms with Crippen molar-refractivity contribution in [2.45, 2.75) is 32.7 Å². The van der Waals surface area contributed by atoms with Crippen LogP contribution in [0.25, 0.3) is 22.8 Å². The van der Waals surface area contributed by atoms with Crippen molar-refractivity contribution < 1.29 is 18.5 Å². The van der Waals surface area contributed by atoms with Gasteiger partial charge in [-0.1, -0.05) is 35.0 Å². The molecule has 0 aliphatic carbocycles. The lowest BCUT2D eigenvalue weighted by Crippen LogP contribution is -2.27. The zero-order valence-corrected chi connectivity index (χ0v) is 18.0. The summed E-state index contributed by atoms with van der Waals surface area (Å²) in [6.45, 7) is 3.79. The molecule has 4 rings (SSSR count). The summed E-state index contributed by atoms with van der Waals surface area (Å²) in [6.07, 6.45) is 0.521. The van der Waals surface area contributed by atoms with Crippen LogP contribution in [-0.2, 0) is 11.2 Å². The van der Waals surface area contributed by atoms with Crippen LogP contribution in [0.15, 0.2) is 57.5 Å². The second-order valence-corrected chi connectivity index (χ2v) is 7.34. The van der Waals surface area contributed by atoms with Gasteiger partial charge in [-0.25, -0.2) is 0 Å². The predicted molar refractivity (Wildman–Crippen MR) is 116 cm³/mol. The molecule has 0 saturated carbocycles. The van der Waals surface area contributed by atoms with Crippen LogP contribution in [0.3, 0.4) is 0 Å². The smallest absolute Gasteiger partial charge is 0.249 e. The fourth-order valence-corrected chi connectivity index (χ4v) is 3.05. The van der Waals surface area contributed by atoms with Crippen molar-refractivity contribution >= 4 is 5.91 Å². The number of aryl methyl sites for hydroxylation is 2. The Bertz CT molecular complexity index is 1200. The van der Waals surface area contributed by atoms with E-state index in [2.05, 4.69) is 25.7 Å². The number of nitrogens with zero attached hydrogens (tertiary/aromatic N) is 4. The van der Waals surface area contributed by atoms with Crippen molar-refractivity contribution in [3.8, 4) is 28.6 Å². The molecular weight excluding hydrogens is 410 g/mol. The van der Waals surface area contributed by atoms with Crippen molar-refractivity contribution in [3.63, 3.8) is 0 Å². The highest BCUT2D eigenvalue weighted by atomic mass is 16.5. The minimum atomic E-state index is -0.444. The Morgan fingerprint density at radius 1 is 1.12 bits per heavy atom. The number of amides is 1. The minimum Gasteiger partial charge on any atom is -0.497 e. The molecule has 9 nitrogen and oxygen atoms in total. The zero-order valence-electron chi connectivity index (χ0n) is 18.0. The number of hydrogen-bond donors (Lipinski definition) is 1. The van der Waals surface area contributed by atoms with Crippen LogP contribution in [0.4, 0.5) is 0 Å². The fourth-order valence-electron chi connectivity index (χ4n) is 3.05. The van der Waals surface area contributed by atoms with E-state index in [9.17, 15) is 4.79 Å². The number of carbonyl (C=O) groups is 1. The second-order valence-electron chi connectivity index (χ2n) is 7.34. The summed E-state index contributed by atoms with van der Waals surface area (Å²) >= 11 is 0. The van der Waals surface area contributed by atoms with E-state index in [0.717, 1.165) is 16.7 Å². The maximum absolute atomic E-state index is 12.4. The van der Waals surface area contributed by atoms with Crippen molar-refractivity contribution in [2.24, 2.45) is 0 Å². The van der Waals surface area contributed by atoms with Crippen LogP contribution in [0.1, 0.15) is 36.7 Å². The van der Waals surface area contributed by atoms with Gasteiger partial charge in [0.1, 0.15) is 11.8 Å². The Morgan fingerprint density at radius 2 is 1.94 bits per heavy atom. The van der Waals surface area contributed by atoms with Crippen molar-refractivity contribution in [3.05, 3.63) is 65.9 Å². The summed E-state index contributed by atoms with van der Waals surface area (Å²) in [5.41, 5.74) is 2.76. The van der Waals surface area contributed by atoms with Gasteiger partial charge in [-0.15, -0.1) is 10.2 Å². The molecule has 0 radical (unpaired) electrons. The first-order valence-corrected chi connectivity index (χ1v) is 10.2. The third-order valence-corrected chi connectivity index (χ3v) is 4.85. The molecule has 9 heteroatoms. The molecule has 2 aromatic heterocycles. The Hall–Kier alpha value is -4.01. The number of benzene rings is 2. The first-order valence-electron chi connectivity index (χ1n) is 10.2. The van der Waals surface area contributed by atoms with E-state index in [-0.39, 0.29) is 12.3 Å². The maximum Gasteiger partial charge on any atom is 0.249 e. The van der Waals surface area contributed by atoms with Gasteiger partial charge in [-0.3, -0.25) is 4.79 Å². The number of carbonyl (C=O) groups excluding carboxylic acids is 1. The van der Waals surface area contributed by atoms with Gasteiger partial charge < -0.3 is 19.0 Å². The lowest BCUT2D eigenvalue weighted by atomic mass is 10.1. The SMILES string of the molecule is COc1cccc(-c2noc([C@H](C)NC(=O)CCc3nnc(-c4ccc(C)cc4)o3)n2)c1. The molecule has 0 fully saturated rings. The van der Waals surface area contributed by atoms with Gasteiger partial charge in [-0.2, -0.15) is 4.98 Å². The molecule has 0 aliphatic rings. The highest BCUT2D eigenvalue weighted by molar-refractivity contribution is 5.76. The van der Waals surface area contributed by atoms with Crippen LogP contribution >= 0.6 is 0 Å². The Kier molecular flexibility index (Phi) is 6.25. The zero-order chi connectivity index (χ0) is 22.5. The molecule has 32 heavy (non-hydrogen) atoms. The van der Waals surface area contributed by atoms with E-state index >= 15 is 0 Å². The first kappa shape index (κ1) is 21.2. The monoisotopic (exact) mass is 433 g/mol. The molecule has 0 unspecified atom stereocenters. The Morgan fingerprint density at radius 3 is 2.72 bits per heavy atom. The quantitative estimate of drug-likeness (QED) is 0.444. The molecular formula is C23H23N5O4. The van der Waals surface area contributed by atoms with Gasteiger partial charge >= 0.3 is 0 Å². The lowest BCUT2D eigenvalue weighted by Gasteiger charge is -2.08. The van der Waals surface area contributed by atoms with E-state index in [1.54, 1.807) is 14.0 Å². The number of nitrogens with one attached hydrogen (secondary N) is 1. The molecule has 0 aliphatic heterocycles. The van der Waals surface area contributed by atoms with E-state index in [0.29, 0.717) is 35.7 Å². The molecule has 2 heterocycles. The van der Waals surface area contributed by atoms with E-state index in [1.807, 2.05) is 55.5 Å². The van der Waals surface area contributed by atoms with Crippen molar-refractivity contribution in [1.29, 1.82) is 0 Å². The summed E-state index contributed by atoms with van der Waals surface area (Å²) in [7, 11) is 1.59. The number of methoxy groups -OCH3 is 1. The van der Waals surface area contributed by atoms with Gasteiger partial charge in [0.05, 0.1) is 7.11 Å². The number of aromatic nitrogens is 4. The molecule has 0 saturated heterocycles. The van der Waals surface area contributed by atoms with Crippen molar-refractivity contribution in [2.75, 3.05) is 7.11 Å². The fraction of sp³-hybridized carbons (Fsp3) is 0.261. The average Bonchev–Trinajstić information content (AvgIpc) is 3.48. The van der Waals surface area contributed by atoms with Gasteiger partial charge in [0.2, 0.25) is 29.4 Å². The molecule has 1 amide bonds. The molecule has 1 N–H and O–H groups in total. The topological polar surface area (TPSA) is 116 Å². The molecule has 0 spiro atoms. The minimum absolute atomic E-state index is 0.186. The van der Waals surface area contributed by atoms with Gasteiger partial charge in [0.25, 0.3) is 0 Å². The summed E-state index contributed by atoms with van der Waals surface area (Å²) in [6, 6.07) is 14.7. The van der Waals surface area contributed by atoms with E-state index in [1.165, 1.54) is 0 Å². The molecule has 4 aromatic rings.